The molecule has 0 saturated carbocycles. The quantitative estimate of drug-likeness (QED) is 0.592. The van der Waals surface area contributed by atoms with Gasteiger partial charge in [0.15, 0.2) is 0 Å². The largest absolute Gasteiger partial charge is 0.469 e. The van der Waals surface area contributed by atoms with Gasteiger partial charge in [-0.25, -0.2) is 4.39 Å². The first-order chi connectivity index (χ1) is 9.02. The highest BCUT2D eigenvalue weighted by molar-refractivity contribution is 8.00. The Morgan fingerprint density at radius 3 is 2.53 bits per heavy atom. The van der Waals surface area contributed by atoms with Gasteiger partial charge in [-0.3, -0.25) is 9.59 Å². The highest BCUT2D eigenvalue weighted by Crippen LogP contribution is 2.18. The van der Waals surface area contributed by atoms with Crippen LogP contribution in [0.15, 0.2) is 29.2 Å². The highest BCUT2D eigenvalue weighted by Gasteiger charge is 2.11. The summed E-state index contributed by atoms with van der Waals surface area (Å²) in [6.07, 6.45) is 0.181. The maximum Gasteiger partial charge on any atom is 0.307 e. The zero-order chi connectivity index (χ0) is 14.3. The van der Waals surface area contributed by atoms with Crippen LogP contribution in [0.4, 0.5) is 4.39 Å². The van der Waals surface area contributed by atoms with Crippen LogP contribution in [0, 0.1) is 5.82 Å². The molecule has 0 fully saturated rings. The smallest absolute Gasteiger partial charge is 0.307 e. The third-order valence-corrected chi connectivity index (χ3v) is 3.48. The second-order valence-electron chi connectivity index (χ2n) is 3.88. The Kier molecular flexibility index (Phi) is 6.35. The monoisotopic (exact) mass is 285 g/mol. The Labute approximate surface area is 115 Å². The Hall–Kier alpha value is -1.56. The molecule has 0 spiro atoms. The van der Waals surface area contributed by atoms with Gasteiger partial charge >= 0.3 is 5.97 Å². The molecule has 1 aromatic carbocycles. The second kappa shape index (κ2) is 7.78. The molecule has 0 radical (unpaired) electrons. The number of hydrogen-bond acceptors (Lipinski definition) is 4. The van der Waals surface area contributed by atoms with Gasteiger partial charge in [0.05, 0.1) is 19.3 Å². The molecule has 0 N–H and O–H groups in total. The first kappa shape index (κ1) is 15.5. The van der Waals surface area contributed by atoms with Crippen molar-refractivity contribution in [3.05, 3.63) is 30.1 Å². The number of rotatable bonds is 6. The third kappa shape index (κ3) is 5.74. The van der Waals surface area contributed by atoms with Crippen molar-refractivity contribution >= 4 is 23.6 Å². The Bertz CT molecular complexity index is 436. The van der Waals surface area contributed by atoms with E-state index in [1.54, 1.807) is 19.2 Å². The molecule has 0 unspecified atom stereocenters. The predicted octanol–water partition coefficient (Wildman–Crippen LogP) is 1.94. The van der Waals surface area contributed by atoms with E-state index in [1.165, 1.54) is 35.9 Å². The van der Waals surface area contributed by atoms with Gasteiger partial charge in [0.25, 0.3) is 0 Å². The molecule has 0 aromatic heterocycles. The summed E-state index contributed by atoms with van der Waals surface area (Å²) in [5.41, 5.74) is 0. The minimum absolute atomic E-state index is 0.0850. The van der Waals surface area contributed by atoms with Crippen LogP contribution in [0.3, 0.4) is 0 Å². The SMILES string of the molecule is COC(=O)CCN(C)C(=O)CSc1ccc(F)cc1. The van der Waals surface area contributed by atoms with E-state index in [0.29, 0.717) is 6.54 Å². The molecular weight excluding hydrogens is 269 g/mol. The lowest BCUT2D eigenvalue weighted by Gasteiger charge is -2.16. The van der Waals surface area contributed by atoms with E-state index in [9.17, 15) is 14.0 Å². The van der Waals surface area contributed by atoms with Crippen molar-refractivity contribution in [1.82, 2.24) is 4.90 Å². The van der Waals surface area contributed by atoms with E-state index in [4.69, 9.17) is 0 Å². The summed E-state index contributed by atoms with van der Waals surface area (Å²) >= 11 is 1.33. The van der Waals surface area contributed by atoms with Gasteiger partial charge in [-0.2, -0.15) is 0 Å². The Balaban J connectivity index is 2.34. The number of halogens is 1. The van der Waals surface area contributed by atoms with E-state index in [2.05, 4.69) is 4.74 Å². The maximum atomic E-state index is 12.7. The van der Waals surface area contributed by atoms with Crippen molar-refractivity contribution < 1.29 is 18.7 Å². The molecule has 1 amide bonds. The van der Waals surface area contributed by atoms with E-state index < -0.39 is 0 Å². The zero-order valence-electron chi connectivity index (χ0n) is 10.9. The lowest BCUT2D eigenvalue weighted by molar-refractivity contribution is -0.141. The van der Waals surface area contributed by atoms with Gasteiger partial charge in [-0.1, -0.05) is 0 Å². The molecule has 0 aliphatic carbocycles. The molecule has 104 valence electrons. The number of ether oxygens (including phenoxy) is 1. The molecule has 0 heterocycles. The van der Waals surface area contributed by atoms with Gasteiger partial charge in [0.2, 0.25) is 5.91 Å². The van der Waals surface area contributed by atoms with Gasteiger partial charge < -0.3 is 9.64 Å². The van der Waals surface area contributed by atoms with Gasteiger partial charge in [0.1, 0.15) is 5.82 Å². The van der Waals surface area contributed by atoms with Gasteiger partial charge in [0, 0.05) is 18.5 Å². The molecule has 4 nitrogen and oxygen atoms in total. The van der Waals surface area contributed by atoms with E-state index in [0.717, 1.165) is 4.90 Å². The molecule has 0 atom stereocenters. The fourth-order valence-electron chi connectivity index (χ4n) is 1.27. The Morgan fingerprint density at radius 1 is 1.32 bits per heavy atom. The average Bonchev–Trinajstić information content (AvgIpc) is 2.43. The normalized spacial score (nSPS) is 10.1. The lowest BCUT2D eigenvalue weighted by Crippen LogP contribution is -2.30. The third-order valence-electron chi connectivity index (χ3n) is 2.48. The fourth-order valence-corrected chi connectivity index (χ4v) is 2.11. The number of methoxy groups -OCH3 is 1. The topological polar surface area (TPSA) is 46.6 Å². The van der Waals surface area contributed by atoms with Gasteiger partial charge in [-0.15, -0.1) is 11.8 Å². The van der Waals surface area contributed by atoms with Crippen molar-refractivity contribution in [3.63, 3.8) is 0 Å². The first-order valence-electron chi connectivity index (χ1n) is 5.72. The van der Waals surface area contributed by atoms with Crippen LogP contribution in [-0.2, 0) is 14.3 Å². The van der Waals surface area contributed by atoms with Crippen LogP contribution in [0.2, 0.25) is 0 Å². The van der Waals surface area contributed by atoms with Crippen molar-refractivity contribution in [3.8, 4) is 0 Å². The molecule has 1 rings (SSSR count). The fraction of sp³-hybridized carbons (Fsp3) is 0.385. The number of nitrogens with zero attached hydrogens (tertiary/aromatic N) is 1. The number of esters is 1. The average molecular weight is 285 g/mol. The maximum absolute atomic E-state index is 12.7. The van der Waals surface area contributed by atoms with Crippen molar-refractivity contribution in [2.24, 2.45) is 0 Å². The Morgan fingerprint density at radius 2 is 1.95 bits per heavy atom. The van der Waals surface area contributed by atoms with E-state index >= 15 is 0 Å². The van der Waals surface area contributed by atoms with Crippen LogP contribution < -0.4 is 0 Å². The minimum atomic E-state index is -0.342. The molecule has 0 saturated heterocycles. The minimum Gasteiger partial charge on any atom is -0.469 e. The van der Waals surface area contributed by atoms with Crippen LogP contribution in [0.1, 0.15) is 6.42 Å². The molecule has 6 heteroatoms. The molecule has 0 bridgehead atoms. The standard InChI is InChI=1S/C13H16FNO3S/c1-15(8-7-13(17)18-2)12(16)9-19-11-5-3-10(14)4-6-11/h3-6H,7-9H2,1-2H3. The number of carbonyl (C=O) groups excluding carboxylic acids is 2. The molecule has 0 aliphatic rings. The van der Waals surface area contributed by atoms with Crippen molar-refractivity contribution in [2.45, 2.75) is 11.3 Å². The second-order valence-corrected chi connectivity index (χ2v) is 4.93. The lowest BCUT2D eigenvalue weighted by atomic mass is 10.4. The summed E-state index contributed by atoms with van der Waals surface area (Å²) < 4.78 is 17.2. The highest BCUT2D eigenvalue weighted by atomic mass is 32.2. The predicted molar refractivity (Wildman–Crippen MR) is 71.4 cm³/mol. The van der Waals surface area contributed by atoms with Crippen LogP contribution >= 0.6 is 11.8 Å². The van der Waals surface area contributed by atoms with E-state index in [1.807, 2.05) is 0 Å². The van der Waals surface area contributed by atoms with Crippen molar-refractivity contribution in [2.75, 3.05) is 26.5 Å². The summed E-state index contributed by atoms with van der Waals surface area (Å²) in [5, 5.41) is 0. The van der Waals surface area contributed by atoms with E-state index in [-0.39, 0.29) is 29.9 Å². The summed E-state index contributed by atoms with van der Waals surface area (Å²) in [6, 6.07) is 5.96. The zero-order valence-corrected chi connectivity index (χ0v) is 11.7. The van der Waals surface area contributed by atoms with Crippen LogP contribution in [0.5, 0.6) is 0 Å². The van der Waals surface area contributed by atoms with Crippen LogP contribution in [0.25, 0.3) is 0 Å². The summed E-state index contributed by atoms with van der Waals surface area (Å²) in [7, 11) is 2.95. The number of amides is 1. The number of hydrogen-bond donors (Lipinski definition) is 0. The first-order valence-corrected chi connectivity index (χ1v) is 6.70. The summed E-state index contributed by atoms with van der Waals surface area (Å²) in [4.78, 5) is 25.0. The van der Waals surface area contributed by atoms with Crippen LogP contribution in [-0.4, -0.2) is 43.2 Å². The number of thioether (sulfide) groups is 1. The molecule has 1 aromatic rings. The molecular formula is C13H16FNO3S. The molecule has 0 aliphatic heterocycles. The number of benzene rings is 1. The summed E-state index contributed by atoms with van der Waals surface area (Å²) in [6.45, 7) is 0.329. The molecule has 19 heavy (non-hydrogen) atoms. The summed E-state index contributed by atoms with van der Waals surface area (Å²) in [5.74, 6) is -0.474. The van der Waals surface area contributed by atoms with Gasteiger partial charge in [-0.05, 0) is 24.3 Å². The number of carbonyl (C=O) groups is 2. The van der Waals surface area contributed by atoms with Crippen molar-refractivity contribution in [1.29, 1.82) is 0 Å².